The highest BCUT2D eigenvalue weighted by atomic mass is 16.5. The van der Waals surface area contributed by atoms with E-state index < -0.39 is 0 Å². The quantitative estimate of drug-likeness (QED) is 0.900. The lowest BCUT2D eigenvalue weighted by Crippen LogP contribution is -2.41. The third kappa shape index (κ3) is 3.81. The van der Waals surface area contributed by atoms with Crippen molar-refractivity contribution in [1.29, 1.82) is 0 Å². The zero-order valence-electron chi connectivity index (χ0n) is 13.4. The molecular formula is C15H26N4O2. The summed E-state index contributed by atoms with van der Waals surface area (Å²) in [6.45, 7) is 10.6. The number of likely N-dealkylation sites (tertiary alicyclic amines) is 1. The third-order valence-corrected chi connectivity index (χ3v) is 4.13. The molecule has 0 radical (unpaired) electrons. The molecule has 6 heteroatoms. The Balaban J connectivity index is 1.90. The van der Waals surface area contributed by atoms with Gasteiger partial charge >= 0.3 is 0 Å². The maximum Gasteiger partial charge on any atom is 0.243 e. The van der Waals surface area contributed by atoms with Gasteiger partial charge in [0.2, 0.25) is 11.8 Å². The van der Waals surface area contributed by atoms with Crippen LogP contribution in [-0.2, 0) is 4.79 Å². The molecule has 118 valence electrons. The van der Waals surface area contributed by atoms with Gasteiger partial charge in [0.15, 0.2) is 5.82 Å². The van der Waals surface area contributed by atoms with Crippen molar-refractivity contribution >= 4 is 5.91 Å². The second-order valence-corrected chi connectivity index (χ2v) is 6.03. The Labute approximate surface area is 126 Å². The fraction of sp³-hybridized carbons (Fsp3) is 0.800. The maximum absolute atomic E-state index is 11.9. The van der Waals surface area contributed by atoms with E-state index >= 15 is 0 Å². The van der Waals surface area contributed by atoms with Gasteiger partial charge in [-0.25, -0.2) is 0 Å². The largest absolute Gasteiger partial charge is 0.356 e. The number of piperidine rings is 1. The average Bonchev–Trinajstić information content (AvgIpc) is 2.97. The third-order valence-electron chi connectivity index (χ3n) is 4.13. The summed E-state index contributed by atoms with van der Waals surface area (Å²) in [5.74, 6) is 2.04. The van der Waals surface area contributed by atoms with Crippen molar-refractivity contribution in [3.8, 4) is 0 Å². The maximum atomic E-state index is 11.9. The fourth-order valence-electron chi connectivity index (χ4n) is 2.68. The number of nitrogens with one attached hydrogen (secondary N) is 1. The van der Waals surface area contributed by atoms with Crippen molar-refractivity contribution in [3.63, 3.8) is 0 Å². The molecule has 0 aliphatic carbocycles. The summed E-state index contributed by atoms with van der Waals surface area (Å²) in [5.41, 5.74) is 0. The van der Waals surface area contributed by atoms with Crippen LogP contribution in [0.4, 0.5) is 0 Å². The molecule has 0 aromatic carbocycles. The molecule has 0 spiro atoms. The molecule has 2 heterocycles. The molecule has 2 rings (SSSR count). The van der Waals surface area contributed by atoms with Crippen LogP contribution in [0.2, 0.25) is 0 Å². The summed E-state index contributed by atoms with van der Waals surface area (Å²) in [6, 6.07) is 0.111. The molecule has 0 saturated carbocycles. The van der Waals surface area contributed by atoms with E-state index in [2.05, 4.69) is 41.1 Å². The monoisotopic (exact) mass is 294 g/mol. The second kappa shape index (κ2) is 7.02. The summed E-state index contributed by atoms with van der Waals surface area (Å²) in [5, 5.41) is 6.93. The van der Waals surface area contributed by atoms with Gasteiger partial charge in [-0.2, -0.15) is 4.98 Å². The minimum Gasteiger partial charge on any atom is -0.356 e. The van der Waals surface area contributed by atoms with E-state index in [1.54, 1.807) is 0 Å². The van der Waals surface area contributed by atoms with Gasteiger partial charge in [0.25, 0.3) is 0 Å². The molecule has 1 fully saturated rings. The number of hydrogen-bond donors (Lipinski definition) is 1. The van der Waals surface area contributed by atoms with Crippen LogP contribution in [0.15, 0.2) is 4.52 Å². The number of nitrogens with zero attached hydrogens (tertiary/aromatic N) is 3. The Kier molecular flexibility index (Phi) is 5.33. The molecule has 1 atom stereocenters. The molecule has 1 saturated heterocycles. The van der Waals surface area contributed by atoms with Gasteiger partial charge in [-0.15, -0.1) is 0 Å². The first-order chi connectivity index (χ1) is 10.0. The molecule has 1 aromatic heterocycles. The van der Waals surface area contributed by atoms with Crippen molar-refractivity contribution in [1.82, 2.24) is 20.4 Å². The fourth-order valence-corrected chi connectivity index (χ4v) is 2.68. The summed E-state index contributed by atoms with van der Waals surface area (Å²) in [4.78, 5) is 18.6. The van der Waals surface area contributed by atoms with Crippen LogP contribution in [0, 0.1) is 5.92 Å². The molecule has 1 aromatic rings. The molecule has 6 nitrogen and oxygen atoms in total. The highest BCUT2D eigenvalue weighted by Crippen LogP contribution is 2.26. The normalized spacial score (nSPS) is 18.9. The number of aromatic nitrogens is 2. The first-order valence-electron chi connectivity index (χ1n) is 7.88. The molecular weight excluding hydrogens is 268 g/mol. The van der Waals surface area contributed by atoms with Crippen molar-refractivity contribution < 1.29 is 9.32 Å². The molecule has 0 bridgehead atoms. The van der Waals surface area contributed by atoms with Crippen molar-refractivity contribution in [3.05, 3.63) is 11.7 Å². The summed E-state index contributed by atoms with van der Waals surface area (Å²) < 4.78 is 5.37. The van der Waals surface area contributed by atoms with E-state index in [0.29, 0.717) is 12.4 Å². The Morgan fingerprint density at radius 1 is 1.38 bits per heavy atom. The minimum atomic E-state index is 0.111. The van der Waals surface area contributed by atoms with Gasteiger partial charge < -0.3 is 9.84 Å². The van der Waals surface area contributed by atoms with Crippen LogP contribution in [0.5, 0.6) is 0 Å². The van der Waals surface area contributed by atoms with E-state index in [4.69, 9.17) is 4.52 Å². The molecule has 0 unspecified atom stereocenters. The van der Waals surface area contributed by atoms with Crippen LogP contribution in [-0.4, -0.2) is 40.6 Å². The smallest absolute Gasteiger partial charge is 0.243 e. The molecule has 1 aliphatic heterocycles. The standard InChI is InChI=1S/C15H26N4O2/c1-5-16-14(20)12-6-8-19(9-7-12)11(4)15-17-13(10(2)3)18-21-15/h10-12H,5-9H2,1-4H3,(H,16,20)/t11-/m1/s1. The van der Waals surface area contributed by atoms with Gasteiger partial charge in [-0.05, 0) is 39.8 Å². The predicted molar refractivity (Wildman–Crippen MR) is 79.8 cm³/mol. The van der Waals surface area contributed by atoms with Crippen molar-refractivity contribution in [2.45, 2.75) is 52.5 Å². The number of carbonyl (C=O) groups excluding carboxylic acids is 1. The van der Waals surface area contributed by atoms with E-state index in [1.165, 1.54) is 0 Å². The van der Waals surface area contributed by atoms with Crippen LogP contribution in [0.25, 0.3) is 0 Å². The summed E-state index contributed by atoms with van der Waals surface area (Å²) in [7, 11) is 0. The average molecular weight is 294 g/mol. The topological polar surface area (TPSA) is 71.3 Å². The zero-order chi connectivity index (χ0) is 15.4. The lowest BCUT2D eigenvalue weighted by Gasteiger charge is -2.33. The SMILES string of the molecule is CCNC(=O)C1CCN([C@H](C)c2nc(C(C)C)no2)CC1. The predicted octanol–water partition coefficient (Wildman–Crippen LogP) is 2.10. The first-order valence-corrected chi connectivity index (χ1v) is 7.88. The zero-order valence-corrected chi connectivity index (χ0v) is 13.4. The Hall–Kier alpha value is -1.43. The van der Waals surface area contributed by atoms with Crippen molar-refractivity contribution in [2.24, 2.45) is 5.92 Å². The number of amides is 1. The van der Waals surface area contributed by atoms with Gasteiger partial charge in [-0.1, -0.05) is 19.0 Å². The van der Waals surface area contributed by atoms with Crippen LogP contribution in [0.1, 0.15) is 64.2 Å². The highest BCUT2D eigenvalue weighted by molar-refractivity contribution is 5.78. The highest BCUT2D eigenvalue weighted by Gasteiger charge is 2.29. The lowest BCUT2D eigenvalue weighted by atomic mass is 9.95. The van der Waals surface area contributed by atoms with Gasteiger partial charge in [0, 0.05) is 18.4 Å². The number of carbonyl (C=O) groups is 1. The van der Waals surface area contributed by atoms with Gasteiger partial charge in [-0.3, -0.25) is 9.69 Å². The minimum absolute atomic E-state index is 0.111. The first kappa shape index (κ1) is 15.9. The lowest BCUT2D eigenvalue weighted by molar-refractivity contribution is -0.126. The Bertz CT molecular complexity index is 464. The van der Waals surface area contributed by atoms with E-state index in [1.807, 2.05) is 6.92 Å². The molecule has 1 amide bonds. The summed E-state index contributed by atoms with van der Waals surface area (Å²) in [6.07, 6.45) is 1.78. The number of rotatable bonds is 5. The van der Waals surface area contributed by atoms with E-state index in [0.717, 1.165) is 31.8 Å². The van der Waals surface area contributed by atoms with Crippen molar-refractivity contribution in [2.75, 3.05) is 19.6 Å². The van der Waals surface area contributed by atoms with Gasteiger partial charge in [0.05, 0.1) is 6.04 Å². The second-order valence-electron chi connectivity index (χ2n) is 6.03. The molecule has 21 heavy (non-hydrogen) atoms. The molecule has 1 N–H and O–H groups in total. The van der Waals surface area contributed by atoms with Gasteiger partial charge in [0.1, 0.15) is 0 Å². The Morgan fingerprint density at radius 2 is 2.05 bits per heavy atom. The van der Waals surface area contributed by atoms with Crippen LogP contribution in [0.3, 0.4) is 0 Å². The van der Waals surface area contributed by atoms with Crippen LogP contribution < -0.4 is 5.32 Å². The summed E-state index contributed by atoms with van der Waals surface area (Å²) >= 11 is 0. The van der Waals surface area contributed by atoms with E-state index in [-0.39, 0.29) is 23.8 Å². The van der Waals surface area contributed by atoms with E-state index in [9.17, 15) is 4.79 Å². The molecule has 1 aliphatic rings. The Morgan fingerprint density at radius 3 is 2.57 bits per heavy atom. The van der Waals surface area contributed by atoms with Crippen LogP contribution >= 0.6 is 0 Å². The number of hydrogen-bond acceptors (Lipinski definition) is 5.